The Morgan fingerprint density at radius 1 is 1.22 bits per heavy atom. The Balaban J connectivity index is 1.65. The van der Waals surface area contributed by atoms with Crippen LogP contribution in [0.3, 0.4) is 0 Å². The van der Waals surface area contributed by atoms with Gasteiger partial charge in [-0.05, 0) is 54.8 Å². The van der Waals surface area contributed by atoms with Gasteiger partial charge in [-0.1, -0.05) is 19.1 Å². The van der Waals surface area contributed by atoms with Crippen molar-refractivity contribution >= 4 is 44.7 Å². The number of thiophene rings is 1. The first-order chi connectivity index (χ1) is 19.5. The van der Waals surface area contributed by atoms with E-state index in [1.165, 1.54) is 17.0 Å². The summed E-state index contributed by atoms with van der Waals surface area (Å²) in [5, 5.41) is 14.4. The number of carbonyl (C=O) groups is 2. The van der Waals surface area contributed by atoms with Crippen molar-refractivity contribution < 1.29 is 32.6 Å². The number of likely N-dealkylation sites (N-methyl/N-ethyl adjacent to an activating group) is 1. The molecule has 0 spiro atoms. The summed E-state index contributed by atoms with van der Waals surface area (Å²) in [6.45, 7) is 3.75. The Bertz CT molecular complexity index is 1460. The molecule has 0 fully saturated rings. The number of aliphatic hydroxyl groups is 1. The molecule has 0 aliphatic carbocycles. The SMILES string of the molecule is COc1ccc(NC(=O)N(C)C[C@@H]2Oc3c(NS(=O)(=O)c4cccs4)cccc3C(=O)N([C@H](C)CO)C[C@@H]2C)cc1. The van der Waals surface area contributed by atoms with E-state index in [1.807, 2.05) is 6.92 Å². The third kappa shape index (κ3) is 6.92. The van der Waals surface area contributed by atoms with E-state index >= 15 is 0 Å². The average Bonchev–Trinajstić information content (AvgIpc) is 3.51. The molecule has 1 aliphatic heterocycles. The van der Waals surface area contributed by atoms with Crippen LogP contribution in [0.5, 0.6) is 11.5 Å². The molecular formula is C28H34N4O7S2. The van der Waals surface area contributed by atoms with E-state index in [9.17, 15) is 23.1 Å². The number of urea groups is 1. The van der Waals surface area contributed by atoms with Gasteiger partial charge in [-0.15, -0.1) is 11.3 Å². The lowest BCUT2D eigenvalue weighted by Gasteiger charge is -2.38. The molecule has 0 bridgehead atoms. The van der Waals surface area contributed by atoms with Gasteiger partial charge in [0.25, 0.3) is 15.9 Å². The monoisotopic (exact) mass is 602 g/mol. The van der Waals surface area contributed by atoms with Crippen molar-refractivity contribution in [2.24, 2.45) is 5.92 Å². The number of fused-ring (bicyclic) bond motifs is 1. The summed E-state index contributed by atoms with van der Waals surface area (Å²) >= 11 is 1.06. The Morgan fingerprint density at radius 2 is 1.95 bits per heavy atom. The van der Waals surface area contributed by atoms with Crippen LogP contribution >= 0.6 is 11.3 Å². The fourth-order valence-electron chi connectivity index (χ4n) is 4.40. The van der Waals surface area contributed by atoms with Crippen LogP contribution in [-0.4, -0.2) is 81.3 Å². The highest BCUT2D eigenvalue weighted by molar-refractivity contribution is 7.94. The third-order valence-electron chi connectivity index (χ3n) is 6.84. The van der Waals surface area contributed by atoms with Gasteiger partial charge in [0.1, 0.15) is 16.1 Å². The van der Waals surface area contributed by atoms with Gasteiger partial charge in [0.15, 0.2) is 5.75 Å². The van der Waals surface area contributed by atoms with Gasteiger partial charge >= 0.3 is 6.03 Å². The van der Waals surface area contributed by atoms with Gasteiger partial charge in [0.05, 0.1) is 37.6 Å². The zero-order chi connectivity index (χ0) is 29.7. The predicted octanol–water partition coefficient (Wildman–Crippen LogP) is 3.94. The molecule has 13 heteroatoms. The molecule has 4 rings (SSSR count). The quantitative estimate of drug-likeness (QED) is 0.337. The number of para-hydroxylation sites is 1. The van der Waals surface area contributed by atoms with Crippen LogP contribution in [-0.2, 0) is 10.0 Å². The van der Waals surface area contributed by atoms with Crippen molar-refractivity contribution in [1.29, 1.82) is 0 Å². The molecule has 3 atom stereocenters. The highest BCUT2D eigenvalue weighted by atomic mass is 32.2. The van der Waals surface area contributed by atoms with Crippen LogP contribution in [0.15, 0.2) is 64.2 Å². The summed E-state index contributed by atoms with van der Waals surface area (Å²) in [6.07, 6.45) is -0.630. The van der Waals surface area contributed by atoms with Gasteiger partial charge in [-0.2, -0.15) is 0 Å². The molecule has 0 saturated heterocycles. The smallest absolute Gasteiger partial charge is 0.321 e. The molecular weight excluding hydrogens is 568 g/mol. The highest BCUT2D eigenvalue weighted by Gasteiger charge is 2.35. The molecule has 3 N–H and O–H groups in total. The van der Waals surface area contributed by atoms with Gasteiger partial charge < -0.3 is 29.7 Å². The number of nitrogens with zero attached hydrogens (tertiary/aromatic N) is 2. The van der Waals surface area contributed by atoms with Gasteiger partial charge in [-0.25, -0.2) is 13.2 Å². The van der Waals surface area contributed by atoms with Crippen LogP contribution in [0.1, 0.15) is 24.2 Å². The normalized spacial score (nSPS) is 17.9. The summed E-state index contributed by atoms with van der Waals surface area (Å²) in [5.41, 5.74) is 0.836. The fraction of sp³-hybridized carbons (Fsp3) is 0.357. The Kier molecular flexibility index (Phi) is 9.41. The van der Waals surface area contributed by atoms with Crippen LogP contribution in [0.25, 0.3) is 0 Å². The number of ether oxygens (including phenoxy) is 2. The minimum absolute atomic E-state index is 0.0632. The summed E-state index contributed by atoms with van der Waals surface area (Å²) < 4.78 is 40.4. The van der Waals surface area contributed by atoms with E-state index < -0.39 is 28.1 Å². The largest absolute Gasteiger partial charge is 0.497 e. The van der Waals surface area contributed by atoms with E-state index in [-0.39, 0.29) is 52.9 Å². The van der Waals surface area contributed by atoms with E-state index in [1.54, 1.807) is 73.8 Å². The molecule has 3 amide bonds. The number of hydrogen-bond donors (Lipinski definition) is 3. The summed E-state index contributed by atoms with van der Waals surface area (Å²) in [6, 6.07) is 13.8. The standard InChI is InChI=1S/C28H34N4O7S2/c1-18-15-32(19(2)17-33)27(34)22-7-5-8-23(30-41(36,37)25-9-6-14-40-25)26(22)39-24(18)16-31(3)28(35)29-20-10-12-21(38-4)13-11-20/h5-14,18-19,24,30,33H,15-17H2,1-4H3,(H,29,35)/t18-,19+,24-/m0/s1. The Morgan fingerprint density at radius 3 is 2.59 bits per heavy atom. The number of nitrogens with one attached hydrogen (secondary N) is 2. The fourth-order valence-corrected chi connectivity index (χ4v) is 6.45. The maximum atomic E-state index is 13.6. The number of aliphatic hydroxyl groups excluding tert-OH is 1. The number of hydrogen-bond acceptors (Lipinski definition) is 8. The van der Waals surface area contributed by atoms with Crippen LogP contribution in [0, 0.1) is 5.92 Å². The van der Waals surface area contributed by atoms with E-state index in [2.05, 4.69) is 10.0 Å². The van der Waals surface area contributed by atoms with E-state index in [4.69, 9.17) is 9.47 Å². The molecule has 220 valence electrons. The van der Waals surface area contributed by atoms with Crippen molar-refractivity contribution in [1.82, 2.24) is 9.80 Å². The maximum absolute atomic E-state index is 13.6. The molecule has 41 heavy (non-hydrogen) atoms. The van der Waals surface area contributed by atoms with Crippen LogP contribution in [0.2, 0.25) is 0 Å². The lowest BCUT2D eigenvalue weighted by atomic mass is 9.99. The Labute approximate surface area is 243 Å². The number of anilines is 2. The van der Waals surface area contributed by atoms with E-state index in [0.717, 1.165) is 11.3 Å². The minimum Gasteiger partial charge on any atom is -0.497 e. The highest BCUT2D eigenvalue weighted by Crippen LogP contribution is 2.36. The number of methoxy groups -OCH3 is 1. The first kappa shape index (κ1) is 30.2. The molecule has 2 aromatic carbocycles. The zero-order valence-corrected chi connectivity index (χ0v) is 24.9. The summed E-state index contributed by atoms with van der Waals surface area (Å²) in [4.78, 5) is 29.7. The average molecular weight is 603 g/mol. The summed E-state index contributed by atoms with van der Waals surface area (Å²) in [5.74, 6) is 0.0377. The van der Waals surface area contributed by atoms with Crippen LogP contribution in [0.4, 0.5) is 16.2 Å². The molecule has 3 aromatic rings. The predicted molar refractivity (Wildman–Crippen MR) is 157 cm³/mol. The number of rotatable bonds is 9. The number of carbonyl (C=O) groups excluding carboxylic acids is 2. The van der Waals surface area contributed by atoms with Crippen LogP contribution < -0.4 is 19.5 Å². The van der Waals surface area contributed by atoms with Crippen molar-refractivity contribution in [2.45, 2.75) is 30.2 Å². The molecule has 11 nitrogen and oxygen atoms in total. The van der Waals surface area contributed by atoms with E-state index in [0.29, 0.717) is 11.4 Å². The zero-order valence-electron chi connectivity index (χ0n) is 23.2. The molecule has 0 saturated carbocycles. The van der Waals surface area contributed by atoms with Crippen molar-refractivity contribution in [3.05, 3.63) is 65.5 Å². The third-order valence-corrected chi connectivity index (χ3v) is 9.60. The molecule has 0 unspecified atom stereocenters. The van der Waals surface area contributed by atoms with Crippen molar-refractivity contribution in [3.8, 4) is 11.5 Å². The summed E-state index contributed by atoms with van der Waals surface area (Å²) in [7, 11) is -0.759. The number of sulfonamides is 1. The molecule has 1 aromatic heterocycles. The lowest BCUT2D eigenvalue weighted by Crippen LogP contribution is -2.50. The van der Waals surface area contributed by atoms with Gasteiger partial charge in [-0.3, -0.25) is 9.52 Å². The number of benzene rings is 2. The Hall–Kier alpha value is -3.81. The minimum atomic E-state index is -3.94. The first-order valence-electron chi connectivity index (χ1n) is 13.0. The number of amides is 3. The maximum Gasteiger partial charge on any atom is 0.321 e. The molecule has 0 radical (unpaired) electrons. The second kappa shape index (κ2) is 12.8. The van der Waals surface area contributed by atoms with Gasteiger partial charge in [0.2, 0.25) is 0 Å². The van der Waals surface area contributed by atoms with Crippen molar-refractivity contribution in [3.63, 3.8) is 0 Å². The molecule has 1 aliphatic rings. The van der Waals surface area contributed by atoms with Gasteiger partial charge in [0, 0.05) is 25.2 Å². The second-order valence-electron chi connectivity index (χ2n) is 9.88. The molecule has 2 heterocycles. The lowest BCUT2D eigenvalue weighted by molar-refractivity contribution is 0.0373. The topological polar surface area (TPSA) is 138 Å². The second-order valence-corrected chi connectivity index (χ2v) is 12.7. The van der Waals surface area contributed by atoms with Crippen molar-refractivity contribution in [2.75, 3.05) is 43.9 Å². The first-order valence-corrected chi connectivity index (χ1v) is 15.3.